The number of benzene rings is 1. The number of hydrogen-bond donors (Lipinski definition) is 1. The highest BCUT2D eigenvalue weighted by molar-refractivity contribution is 7.91. The van der Waals surface area contributed by atoms with Gasteiger partial charge < -0.3 is 15.0 Å². The Morgan fingerprint density at radius 1 is 1.24 bits per heavy atom. The number of sulfone groups is 1. The molecular formula is C18H28N2O4S. The minimum Gasteiger partial charge on any atom is -0.492 e. The molecule has 1 aliphatic rings. The van der Waals surface area contributed by atoms with Crippen LogP contribution in [0, 0.1) is 0 Å². The normalized spacial score (nSPS) is 22.1. The van der Waals surface area contributed by atoms with Crippen molar-refractivity contribution >= 4 is 15.7 Å². The van der Waals surface area contributed by atoms with Crippen LogP contribution in [0.5, 0.6) is 5.75 Å². The first kappa shape index (κ1) is 19.7. The topological polar surface area (TPSA) is 75.7 Å². The summed E-state index contributed by atoms with van der Waals surface area (Å²) in [6.07, 6.45) is 0.452. The largest absolute Gasteiger partial charge is 0.492 e. The van der Waals surface area contributed by atoms with Gasteiger partial charge in [0, 0.05) is 12.1 Å². The zero-order valence-corrected chi connectivity index (χ0v) is 16.1. The van der Waals surface area contributed by atoms with Crippen molar-refractivity contribution in [1.82, 2.24) is 10.2 Å². The Kier molecular flexibility index (Phi) is 6.46. The van der Waals surface area contributed by atoms with E-state index in [-0.39, 0.29) is 17.4 Å². The number of nitrogens with one attached hydrogen (secondary N) is 1. The van der Waals surface area contributed by atoms with Gasteiger partial charge in [0.1, 0.15) is 12.4 Å². The molecule has 1 atom stereocenters. The van der Waals surface area contributed by atoms with Crippen LogP contribution in [-0.2, 0) is 9.84 Å². The van der Waals surface area contributed by atoms with Gasteiger partial charge in [0.25, 0.3) is 5.91 Å². The van der Waals surface area contributed by atoms with E-state index in [9.17, 15) is 13.2 Å². The average molecular weight is 368 g/mol. The van der Waals surface area contributed by atoms with Crippen LogP contribution in [0.3, 0.4) is 0 Å². The molecule has 6 nitrogen and oxygen atoms in total. The lowest BCUT2D eigenvalue weighted by atomic mass is 10.0. The number of likely N-dealkylation sites (N-methyl/N-ethyl adjacent to an activating group) is 1. The van der Waals surface area contributed by atoms with Crippen LogP contribution in [0.15, 0.2) is 24.3 Å². The fourth-order valence-electron chi connectivity index (χ4n) is 2.99. The van der Waals surface area contributed by atoms with E-state index in [1.165, 1.54) is 0 Å². The van der Waals surface area contributed by atoms with Crippen molar-refractivity contribution in [3.8, 4) is 5.75 Å². The van der Waals surface area contributed by atoms with Crippen molar-refractivity contribution in [3.05, 3.63) is 29.8 Å². The van der Waals surface area contributed by atoms with Gasteiger partial charge in [-0.15, -0.1) is 0 Å². The van der Waals surface area contributed by atoms with E-state index < -0.39 is 15.4 Å². The second kappa shape index (κ2) is 8.19. The fraction of sp³-hybridized carbons (Fsp3) is 0.611. The number of rotatable bonds is 8. The van der Waals surface area contributed by atoms with Crippen LogP contribution in [0.2, 0.25) is 0 Å². The predicted octanol–water partition coefficient (Wildman–Crippen LogP) is 1.71. The molecule has 2 rings (SSSR count). The number of amides is 1. The van der Waals surface area contributed by atoms with Crippen molar-refractivity contribution in [2.24, 2.45) is 0 Å². The third kappa shape index (κ3) is 5.71. The van der Waals surface area contributed by atoms with Gasteiger partial charge in [-0.25, -0.2) is 8.42 Å². The summed E-state index contributed by atoms with van der Waals surface area (Å²) in [4.78, 5) is 14.6. The van der Waals surface area contributed by atoms with Gasteiger partial charge in [-0.05, 0) is 50.7 Å². The Balaban J connectivity index is 1.88. The van der Waals surface area contributed by atoms with Gasteiger partial charge >= 0.3 is 0 Å². The lowest BCUT2D eigenvalue weighted by Crippen LogP contribution is -2.46. The Hall–Kier alpha value is -1.60. The molecule has 1 heterocycles. The van der Waals surface area contributed by atoms with E-state index in [0.717, 1.165) is 25.4 Å². The van der Waals surface area contributed by atoms with E-state index in [0.29, 0.717) is 18.6 Å². The summed E-state index contributed by atoms with van der Waals surface area (Å²) in [7, 11) is -3.05. The molecule has 0 aliphatic carbocycles. The van der Waals surface area contributed by atoms with Gasteiger partial charge in [0.05, 0.1) is 17.0 Å². The van der Waals surface area contributed by atoms with Gasteiger partial charge in [-0.1, -0.05) is 13.8 Å². The summed E-state index contributed by atoms with van der Waals surface area (Å²) in [5.74, 6) is 0.592. The highest BCUT2D eigenvalue weighted by Crippen LogP contribution is 2.23. The lowest BCUT2D eigenvalue weighted by Gasteiger charge is -2.24. The molecule has 0 saturated carbocycles. The number of hydrogen-bond acceptors (Lipinski definition) is 5. The smallest absolute Gasteiger partial charge is 0.251 e. The molecule has 1 amide bonds. The van der Waals surface area contributed by atoms with E-state index in [1.807, 2.05) is 0 Å². The molecule has 140 valence electrons. The van der Waals surface area contributed by atoms with E-state index in [4.69, 9.17) is 4.74 Å². The summed E-state index contributed by atoms with van der Waals surface area (Å²) in [6, 6.07) is 6.94. The van der Waals surface area contributed by atoms with Gasteiger partial charge in [-0.2, -0.15) is 0 Å². The second-order valence-corrected chi connectivity index (χ2v) is 8.94. The van der Waals surface area contributed by atoms with Gasteiger partial charge in [0.15, 0.2) is 9.84 Å². The quantitative estimate of drug-likeness (QED) is 0.756. The third-order valence-corrected chi connectivity index (χ3v) is 6.51. The van der Waals surface area contributed by atoms with E-state index >= 15 is 0 Å². The first-order valence-electron chi connectivity index (χ1n) is 8.75. The maximum atomic E-state index is 12.4. The number of nitrogens with zero attached hydrogens (tertiary/aromatic N) is 1. The maximum absolute atomic E-state index is 12.4. The predicted molar refractivity (Wildman–Crippen MR) is 98.9 cm³/mol. The first-order chi connectivity index (χ1) is 11.8. The molecule has 1 saturated heterocycles. The molecule has 1 aromatic carbocycles. The van der Waals surface area contributed by atoms with Crippen LogP contribution in [0.4, 0.5) is 0 Å². The van der Waals surface area contributed by atoms with Crippen molar-refractivity contribution in [1.29, 1.82) is 0 Å². The molecule has 0 radical (unpaired) electrons. The lowest BCUT2D eigenvalue weighted by molar-refractivity contribution is 0.0915. The maximum Gasteiger partial charge on any atom is 0.251 e. The zero-order valence-electron chi connectivity index (χ0n) is 15.2. The molecular weight excluding hydrogens is 340 g/mol. The third-order valence-electron chi connectivity index (χ3n) is 4.61. The molecule has 1 unspecified atom stereocenters. The zero-order chi connectivity index (χ0) is 18.5. The van der Waals surface area contributed by atoms with Crippen molar-refractivity contribution < 1.29 is 17.9 Å². The number of carbonyl (C=O) groups is 1. The minimum atomic E-state index is -3.05. The molecule has 0 aromatic heterocycles. The van der Waals surface area contributed by atoms with Crippen molar-refractivity contribution in [2.45, 2.75) is 32.7 Å². The Morgan fingerprint density at radius 2 is 1.88 bits per heavy atom. The first-order valence-corrected chi connectivity index (χ1v) is 10.6. The van der Waals surface area contributed by atoms with Crippen LogP contribution >= 0.6 is 0 Å². The molecule has 1 fully saturated rings. The van der Waals surface area contributed by atoms with E-state index in [2.05, 4.69) is 24.1 Å². The highest BCUT2D eigenvalue weighted by Gasteiger charge is 2.39. The van der Waals surface area contributed by atoms with Crippen molar-refractivity contribution in [2.75, 3.05) is 37.7 Å². The SMILES string of the molecule is CCN(CC)CCOc1ccc(C(=O)NC2(C)CCS(=O)(=O)C2)cc1. The molecule has 1 N–H and O–H groups in total. The number of carbonyl (C=O) groups excluding carboxylic acids is 1. The Bertz CT molecular complexity index is 684. The van der Waals surface area contributed by atoms with Crippen LogP contribution < -0.4 is 10.1 Å². The fourth-order valence-corrected chi connectivity index (χ4v) is 5.08. The second-order valence-electron chi connectivity index (χ2n) is 6.76. The van der Waals surface area contributed by atoms with Crippen LogP contribution in [0.25, 0.3) is 0 Å². The van der Waals surface area contributed by atoms with E-state index in [1.54, 1.807) is 31.2 Å². The molecule has 1 aliphatic heterocycles. The van der Waals surface area contributed by atoms with Gasteiger partial charge in [-0.3, -0.25) is 4.79 Å². The standard InChI is InChI=1S/C18H28N2O4S/c1-4-20(5-2)11-12-24-16-8-6-15(7-9-16)17(21)19-18(3)10-13-25(22,23)14-18/h6-9H,4-5,10-14H2,1-3H3,(H,19,21). The molecule has 0 spiro atoms. The highest BCUT2D eigenvalue weighted by atomic mass is 32.2. The monoisotopic (exact) mass is 368 g/mol. The van der Waals surface area contributed by atoms with Crippen LogP contribution in [0.1, 0.15) is 37.6 Å². The summed E-state index contributed by atoms with van der Waals surface area (Å²) in [5, 5.41) is 2.85. The molecule has 1 aromatic rings. The summed E-state index contributed by atoms with van der Waals surface area (Å²) < 4.78 is 29.0. The average Bonchev–Trinajstić information content (AvgIpc) is 2.85. The summed E-state index contributed by atoms with van der Waals surface area (Å²) in [6.45, 7) is 9.46. The molecule has 7 heteroatoms. The molecule has 0 bridgehead atoms. The Labute approximate surface area is 150 Å². The minimum absolute atomic E-state index is 0.00169. The summed E-state index contributed by atoms with van der Waals surface area (Å²) in [5.41, 5.74) is -0.184. The number of ether oxygens (including phenoxy) is 1. The van der Waals surface area contributed by atoms with Crippen LogP contribution in [-0.4, -0.2) is 62.5 Å². The molecule has 25 heavy (non-hydrogen) atoms. The Morgan fingerprint density at radius 3 is 2.40 bits per heavy atom. The van der Waals surface area contributed by atoms with Crippen molar-refractivity contribution in [3.63, 3.8) is 0 Å². The summed E-state index contributed by atoms with van der Waals surface area (Å²) >= 11 is 0. The van der Waals surface area contributed by atoms with Gasteiger partial charge in [0.2, 0.25) is 0 Å².